The van der Waals surface area contributed by atoms with E-state index in [9.17, 15) is 17.2 Å². The lowest BCUT2D eigenvalue weighted by Crippen LogP contribution is -2.33. The lowest BCUT2D eigenvalue weighted by molar-refractivity contribution is 0.421. The lowest BCUT2D eigenvalue weighted by Gasteiger charge is -2.18. The van der Waals surface area contributed by atoms with E-state index in [4.69, 9.17) is 5.73 Å². The highest BCUT2D eigenvalue weighted by Gasteiger charge is 2.36. The molecule has 1 aromatic carbocycles. The number of benzene rings is 1. The highest BCUT2D eigenvalue weighted by molar-refractivity contribution is 7.89. The summed E-state index contributed by atoms with van der Waals surface area (Å²) in [7, 11) is -4.14. The molecule has 1 aliphatic heterocycles. The van der Waals surface area contributed by atoms with Crippen LogP contribution in [-0.2, 0) is 10.0 Å². The van der Waals surface area contributed by atoms with Crippen molar-refractivity contribution in [3.63, 3.8) is 0 Å². The van der Waals surface area contributed by atoms with Crippen LogP contribution >= 0.6 is 12.4 Å². The van der Waals surface area contributed by atoms with Gasteiger partial charge in [0.25, 0.3) is 0 Å². The number of nitrogens with zero attached hydrogens (tertiary/aromatic N) is 1. The molecule has 0 amide bonds. The van der Waals surface area contributed by atoms with Gasteiger partial charge in [-0.1, -0.05) is 6.07 Å². The van der Waals surface area contributed by atoms with Crippen molar-refractivity contribution in [3.05, 3.63) is 29.8 Å². The maximum absolute atomic E-state index is 13.6. The summed E-state index contributed by atoms with van der Waals surface area (Å²) in [5, 5.41) is 0. The Hall–Kier alpha value is -0.760. The molecule has 2 unspecified atom stereocenters. The summed E-state index contributed by atoms with van der Waals surface area (Å²) in [6.07, 6.45) is 0.604. The van der Waals surface area contributed by atoms with Crippen molar-refractivity contribution < 1.29 is 17.2 Å². The fourth-order valence-electron chi connectivity index (χ4n) is 2.26. The largest absolute Gasteiger partial charge is 0.328 e. The van der Waals surface area contributed by atoms with Crippen LogP contribution in [0, 0.1) is 17.6 Å². The van der Waals surface area contributed by atoms with Crippen molar-refractivity contribution in [2.45, 2.75) is 24.3 Å². The molecule has 0 spiro atoms. The molecule has 0 radical (unpaired) electrons. The van der Waals surface area contributed by atoms with Crippen LogP contribution in [-0.4, -0.2) is 31.9 Å². The van der Waals surface area contributed by atoms with Crippen LogP contribution in [0.2, 0.25) is 0 Å². The summed E-state index contributed by atoms with van der Waals surface area (Å²) in [4.78, 5) is -0.875. The first kappa shape index (κ1) is 17.3. The normalized spacial score (nSPS) is 21.5. The SMILES string of the molecule is CC(N)C1CCN(S(=O)(=O)c2c(F)cccc2F)C1.Cl. The molecule has 0 aromatic heterocycles. The van der Waals surface area contributed by atoms with Crippen molar-refractivity contribution in [2.24, 2.45) is 11.7 Å². The predicted molar refractivity (Wildman–Crippen MR) is 74.1 cm³/mol. The molecule has 114 valence electrons. The van der Waals surface area contributed by atoms with Crippen molar-refractivity contribution in [1.82, 2.24) is 4.31 Å². The van der Waals surface area contributed by atoms with Gasteiger partial charge < -0.3 is 5.73 Å². The maximum Gasteiger partial charge on any atom is 0.248 e. The molecular formula is C12H17ClF2N2O2S. The van der Waals surface area contributed by atoms with Gasteiger partial charge in [0.05, 0.1) is 0 Å². The van der Waals surface area contributed by atoms with E-state index < -0.39 is 26.6 Å². The van der Waals surface area contributed by atoms with Gasteiger partial charge in [-0.3, -0.25) is 0 Å². The highest BCUT2D eigenvalue weighted by atomic mass is 35.5. The average Bonchev–Trinajstić information content (AvgIpc) is 2.78. The molecule has 0 saturated carbocycles. The van der Waals surface area contributed by atoms with Crippen molar-refractivity contribution in [3.8, 4) is 0 Å². The monoisotopic (exact) mass is 326 g/mol. The molecule has 2 rings (SSSR count). The third kappa shape index (κ3) is 3.11. The van der Waals surface area contributed by atoms with Crippen LogP contribution in [0.1, 0.15) is 13.3 Å². The zero-order chi connectivity index (χ0) is 14.2. The van der Waals surface area contributed by atoms with E-state index in [1.807, 2.05) is 0 Å². The number of hydrogen-bond donors (Lipinski definition) is 1. The Balaban J connectivity index is 0.00000200. The van der Waals surface area contributed by atoms with E-state index in [0.29, 0.717) is 6.42 Å². The molecular weight excluding hydrogens is 310 g/mol. The fourth-order valence-corrected chi connectivity index (χ4v) is 3.88. The van der Waals surface area contributed by atoms with E-state index in [0.717, 1.165) is 22.5 Å². The lowest BCUT2D eigenvalue weighted by atomic mass is 10.0. The molecule has 2 atom stereocenters. The van der Waals surface area contributed by atoms with Gasteiger partial charge in [-0.05, 0) is 31.4 Å². The van der Waals surface area contributed by atoms with E-state index >= 15 is 0 Å². The van der Waals surface area contributed by atoms with Gasteiger partial charge in [0, 0.05) is 19.1 Å². The van der Waals surface area contributed by atoms with Gasteiger partial charge >= 0.3 is 0 Å². The second kappa shape index (κ2) is 6.34. The van der Waals surface area contributed by atoms with Gasteiger partial charge in [-0.25, -0.2) is 17.2 Å². The summed E-state index contributed by atoms with van der Waals surface area (Å²) < 4.78 is 52.8. The fraction of sp³-hybridized carbons (Fsp3) is 0.500. The third-order valence-electron chi connectivity index (χ3n) is 3.45. The summed E-state index contributed by atoms with van der Waals surface area (Å²) >= 11 is 0. The smallest absolute Gasteiger partial charge is 0.248 e. The number of rotatable bonds is 3. The van der Waals surface area contributed by atoms with Crippen LogP contribution < -0.4 is 5.73 Å². The van der Waals surface area contributed by atoms with Crippen LogP contribution in [0.3, 0.4) is 0 Å². The molecule has 2 N–H and O–H groups in total. The predicted octanol–water partition coefficient (Wildman–Crippen LogP) is 1.74. The number of sulfonamides is 1. The minimum Gasteiger partial charge on any atom is -0.328 e. The standard InChI is InChI=1S/C12H16F2N2O2S.ClH/c1-8(15)9-5-6-16(7-9)19(17,18)12-10(13)3-2-4-11(12)14;/h2-4,8-9H,5-7,15H2,1H3;1H. The third-order valence-corrected chi connectivity index (χ3v) is 5.37. The zero-order valence-corrected chi connectivity index (χ0v) is 12.6. The first-order valence-electron chi connectivity index (χ1n) is 6.03. The molecule has 4 nitrogen and oxygen atoms in total. The molecule has 1 heterocycles. The van der Waals surface area contributed by atoms with Crippen LogP contribution in [0.5, 0.6) is 0 Å². The minimum atomic E-state index is -4.14. The van der Waals surface area contributed by atoms with Crippen LogP contribution in [0.15, 0.2) is 23.1 Å². The summed E-state index contributed by atoms with van der Waals surface area (Å²) in [5.74, 6) is -2.11. The van der Waals surface area contributed by atoms with Crippen LogP contribution in [0.25, 0.3) is 0 Å². The number of nitrogens with two attached hydrogens (primary N) is 1. The summed E-state index contributed by atoms with van der Waals surface area (Å²) in [6, 6.07) is 2.87. The average molecular weight is 327 g/mol. The van der Waals surface area contributed by atoms with Crippen molar-refractivity contribution >= 4 is 22.4 Å². The maximum atomic E-state index is 13.6. The first-order chi connectivity index (χ1) is 8.84. The molecule has 1 aromatic rings. The van der Waals surface area contributed by atoms with E-state index in [1.165, 1.54) is 0 Å². The minimum absolute atomic E-state index is 0. The quantitative estimate of drug-likeness (QED) is 0.920. The van der Waals surface area contributed by atoms with Gasteiger partial charge in [-0.2, -0.15) is 4.31 Å². The molecule has 1 aliphatic rings. The first-order valence-corrected chi connectivity index (χ1v) is 7.48. The molecule has 8 heteroatoms. The molecule has 1 saturated heterocycles. The van der Waals surface area contributed by atoms with E-state index in [-0.39, 0.29) is 37.5 Å². The second-order valence-electron chi connectivity index (χ2n) is 4.82. The summed E-state index contributed by atoms with van der Waals surface area (Å²) in [6.45, 7) is 2.24. The Kier molecular flexibility index (Phi) is 5.48. The molecule has 0 bridgehead atoms. The van der Waals surface area contributed by atoms with Crippen LogP contribution in [0.4, 0.5) is 8.78 Å². The zero-order valence-electron chi connectivity index (χ0n) is 10.9. The van der Waals surface area contributed by atoms with Gasteiger partial charge in [-0.15, -0.1) is 12.4 Å². The topological polar surface area (TPSA) is 63.4 Å². The van der Waals surface area contributed by atoms with Gasteiger partial charge in [0.15, 0.2) is 4.90 Å². The number of hydrogen-bond acceptors (Lipinski definition) is 3. The van der Waals surface area contributed by atoms with Crippen molar-refractivity contribution in [1.29, 1.82) is 0 Å². The Bertz CT molecular complexity index is 561. The highest BCUT2D eigenvalue weighted by Crippen LogP contribution is 2.28. The molecule has 1 fully saturated rings. The van der Waals surface area contributed by atoms with E-state index in [1.54, 1.807) is 6.92 Å². The Morgan fingerprint density at radius 2 is 1.90 bits per heavy atom. The summed E-state index contributed by atoms with van der Waals surface area (Å²) in [5.41, 5.74) is 5.73. The number of halogens is 3. The molecule has 20 heavy (non-hydrogen) atoms. The Labute approximate surface area is 123 Å². The Morgan fingerprint density at radius 3 is 2.35 bits per heavy atom. The molecule has 0 aliphatic carbocycles. The van der Waals surface area contributed by atoms with Gasteiger partial charge in [0.2, 0.25) is 10.0 Å². The van der Waals surface area contributed by atoms with Crippen molar-refractivity contribution in [2.75, 3.05) is 13.1 Å². The Morgan fingerprint density at radius 1 is 1.35 bits per heavy atom. The second-order valence-corrected chi connectivity index (χ2v) is 6.70. The van der Waals surface area contributed by atoms with Gasteiger partial charge in [0.1, 0.15) is 11.6 Å². The van der Waals surface area contributed by atoms with E-state index in [2.05, 4.69) is 0 Å².